The number of carbonyl (C=O) groups is 2. The zero-order chi connectivity index (χ0) is 21.8. The van der Waals surface area contributed by atoms with Gasteiger partial charge in [-0.1, -0.05) is 52.3 Å². The maximum absolute atomic E-state index is 12.1. The second kappa shape index (κ2) is 9.12. The first-order chi connectivity index (χ1) is 13.6. The molecule has 0 aromatic heterocycles. The lowest BCUT2D eigenvalue weighted by Crippen LogP contribution is -2.15. The molecule has 29 heavy (non-hydrogen) atoms. The Hall–Kier alpha value is -2.82. The number of ether oxygens (including phenoxy) is 2. The summed E-state index contributed by atoms with van der Waals surface area (Å²) >= 11 is 0. The van der Waals surface area contributed by atoms with E-state index in [0.717, 1.165) is 29.5 Å². The van der Waals surface area contributed by atoms with Gasteiger partial charge in [0.05, 0.1) is 12.2 Å². The summed E-state index contributed by atoms with van der Waals surface area (Å²) in [6.07, 6.45) is 0.973. The summed E-state index contributed by atoms with van der Waals surface area (Å²) in [7, 11) is 0. The predicted molar refractivity (Wildman–Crippen MR) is 114 cm³/mol. The van der Waals surface area contributed by atoms with E-state index in [9.17, 15) is 14.7 Å². The van der Waals surface area contributed by atoms with E-state index in [4.69, 9.17) is 9.47 Å². The first kappa shape index (κ1) is 22.5. The van der Waals surface area contributed by atoms with Gasteiger partial charge in [-0.25, -0.2) is 9.59 Å². The molecule has 1 N–H and O–H groups in total. The molecule has 5 nitrogen and oxygen atoms in total. The molecule has 0 aliphatic carbocycles. The van der Waals surface area contributed by atoms with E-state index in [2.05, 4.69) is 27.7 Å². The summed E-state index contributed by atoms with van der Waals surface area (Å²) < 4.78 is 10.5. The van der Waals surface area contributed by atoms with Gasteiger partial charge >= 0.3 is 12.1 Å². The van der Waals surface area contributed by atoms with Crippen molar-refractivity contribution in [1.29, 1.82) is 0 Å². The number of carboxylic acids is 1. The molecule has 0 saturated heterocycles. The molecular weight excluding hydrogens is 368 g/mol. The van der Waals surface area contributed by atoms with Gasteiger partial charge in [0, 0.05) is 11.1 Å². The van der Waals surface area contributed by atoms with E-state index in [1.54, 1.807) is 19.1 Å². The maximum Gasteiger partial charge on any atom is 0.513 e. The van der Waals surface area contributed by atoms with Crippen molar-refractivity contribution in [3.8, 4) is 16.9 Å². The molecular formula is C24H30O5. The summed E-state index contributed by atoms with van der Waals surface area (Å²) in [6, 6.07) is 9.15. The Balaban J connectivity index is 2.78. The molecule has 0 saturated carbocycles. The van der Waals surface area contributed by atoms with Crippen molar-refractivity contribution in [3.63, 3.8) is 0 Å². The van der Waals surface area contributed by atoms with E-state index < -0.39 is 12.1 Å². The predicted octanol–water partition coefficient (Wildman–Crippen LogP) is 6.15. The van der Waals surface area contributed by atoms with Crippen LogP contribution in [0.15, 0.2) is 30.3 Å². The van der Waals surface area contributed by atoms with E-state index in [1.807, 2.05) is 25.1 Å². The van der Waals surface area contributed by atoms with E-state index in [1.165, 1.54) is 0 Å². The van der Waals surface area contributed by atoms with E-state index in [-0.39, 0.29) is 17.6 Å². The quantitative estimate of drug-likeness (QED) is 0.467. The molecule has 0 fully saturated rings. The second-order valence-electron chi connectivity index (χ2n) is 8.14. The molecule has 0 aliphatic heterocycles. The summed E-state index contributed by atoms with van der Waals surface area (Å²) in [6.45, 7) is 12.1. The van der Waals surface area contributed by atoms with E-state index in [0.29, 0.717) is 16.9 Å². The summed E-state index contributed by atoms with van der Waals surface area (Å²) in [5.41, 5.74) is 4.00. The Morgan fingerprint density at radius 1 is 1.07 bits per heavy atom. The third-order valence-electron chi connectivity index (χ3n) is 4.74. The zero-order valence-electron chi connectivity index (χ0n) is 18.1. The minimum Gasteiger partial charge on any atom is -0.478 e. The van der Waals surface area contributed by atoms with Crippen LogP contribution < -0.4 is 4.74 Å². The SMILES string of the molecule is CCCc1ccc(C(=O)O)c(-c2c(C)cc(C(C)(C)C)cc2OC(=O)OCC)c1. The molecule has 2 rings (SSSR count). The lowest BCUT2D eigenvalue weighted by atomic mass is 9.83. The molecule has 0 atom stereocenters. The van der Waals surface area contributed by atoms with Crippen molar-refractivity contribution >= 4 is 12.1 Å². The van der Waals surface area contributed by atoms with Gasteiger partial charge < -0.3 is 14.6 Å². The number of aryl methyl sites for hydroxylation is 2. The standard InChI is InChI=1S/C24H30O5/c1-7-9-16-10-11-18(22(25)26)19(13-16)21-15(3)12-17(24(4,5)6)14-20(21)29-23(27)28-8-2/h10-14H,7-9H2,1-6H3,(H,25,26). The van der Waals surface area contributed by atoms with Crippen molar-refractivity contribution in [2.45, 2.75) is 59.8 Å². The molecule has 0 unspecified atom stereocenters. The zero-order valence-corrected chi connectivity index (χ0v) is 18.1. The van der Waals surface area contributed by atoms with Crippen LogP contribution in [0.4, 0.5) is 4.79 Å². The van der Waals surface area contributed by atoms with Crippen molar-refractivity contribution in [2.24, 2.45) is 0 Å². The van der Waals surface area contributed by atoms with Gasteiger partial charge in [0.15, 0.2) is 0 Å². The van der Waals surface area contributed by atoms with Gasteiger partial charge in [-0.2, -0.15) is 0 Å². The monoisotopic (exact) mass is 398 g/mol. The first-order valence-corrected chi connectivity index (χ1v) is 9.94. The average molecular weight is 398 g/mol. The van der Waals surface area contributed by atoms with Crippen LogP contribution in [0.3, 0.4) is 0 Å². The number of rotatable bonds is 6. The summed E-state index contributed by atoms with van der Waals surface area (Å²) in [5, 5.41) is 9.75. The summed E-state index contributed by atoms with van der Waals surface area (Å²) in [5.74, 6) is -0.714. The number of benzene rings is 2. The number of carboxylic acid groups (broad SMARTS) is 1. The number of aromatic carboxylic acids is 1. The van der Waals surface area contributed by atoms with Crippen LogP contribution in [0.25, 0.3) is 11.1 Å². The van der Waals surface area contributed by atoms with Crippen molar-refractivity contribution in [2.75, 3.05) is 6.61 Å². The Kier molecular flexibility index (Phi) is 7.07. The van der Waals surface area contributed by atoms with Gasteiger partial charge in [-0.05, 0) is 54.5 Å². The van der Waals surface area contributed by atoms with Crippen molar-refractivity contribution < 1.29 is 24.2 Å². The van der Waals surface area contributed by atoms with Crippen LogP contribution >= 0.6 is 0 Å². The Labute approximate surface area is 172 Å². The van der Waals surface area contributed by atoms with Gasteiger partial charge in [0.2, 0.25) is 0 Å². The third kappa shape index (κ3) is 5.37. The minimum atomic E-state index is -1.02. The van der Waals surface area contributed by atoms with Gasteiger partial charge in [-0.15, -0.1) is 0 Å². The molecule has 156 valence electrons. The largest absolute Gasteiger partial charge is 0.513 e. The average Bonchev–Trinajstić information content (AvgIpc) is 2.61. The molecule has 0 radical (unpaired) electrons. The molecule has 2 aromatic carbocycles. The highest BCUT2D eigenvalue weighted by Crippen LogP contribution is 2.40. The minimum absolute atomic E-state index is 0.171. The molecule has 0 spiro atoms. The van der Waals surface area contributed by atoms with Crippen LogP contribution in [0.2, 0.25) is 0 Å². The summed E-state index contributed by atoms with van der Waals surface area (Å²) in [4.78, 5) is 24.0. The number of hydrogen-bond donors (Lipinski definition) is 1. The molecule has 2 aromatic rings. The van der Waals surface area contributed by atoms with Crippen LogP contribution in [0.5, 0.6) is 5.75 Å². The lowest BCUT2D eigenvalue weighted by molar-refractivity contribution is 0.0697. The first-order valence-electron chi connectivity index (χ1n) is 9.94. The van der Waals surface area contributed by atoms with Crippen LogP contribution in [-0.2, 0) is 16.6 Å². The number of carbonyl (C=O) groups excluding carboxylic acids is 1. The maximum atomic E-state index is 12.1. The molecule has 0 heterocycles. The Morgan fingerprint density at radius 3 is 2.31 bits per heavy atom. The van der Waals surface area contributed by atoms with Gasteiger partial charge in [-0.3, -0.25) is 0 Å². The molecule has 0 bridgehead atoms. The topological polar surface area (TPSA) is 72.8 Å². The number of hydrogen-bond acceptors (Lipinski definition) is 4. The lowest BCUT2D eigenvalue weighted by Gasteiger charge is -2.23. The molecule has 0 amide bonds. The highest BCUT2D eigenvalue weighted by atomic mass is 16.7. The fourth-order valence-corrected chi connectivity index (χ4v) is 3.28. The van der Waals surface area contributed by atoms with Crippen molar-refractivity contribution in [1.82, 2.24) is 0 Å². The van der Waals surface area contributed by atoms with Crippen LogP contribution in [0, 0.1) is 6.92 Å². The fraction of sp³-hybridized carbons (Fsp3) is 0.417. The van der Waals surface area contributed by atoms with Gasteiger partial charge in [0.1, 0.15) is 5.75 Å². The third-order valence-corrected chi connectivity index (χ3v) is 4.74. The molecule has 0 aliphatic rings. The van der Waals surface area contributed by atoms with E-state index >= 15 is 0 Å². The van der Waals surface area contributed by atoms with Crippen LogP contribution in [-0.4, -0.2) is 23.8 Å². The highest BCUT2D eigenvalue weighted by molar-refractivity contribution is 5.98. The Morgan fingerprint density at radius 2 is 1.76 bits per heavy atom. The normalized spacial score (nSPS) is 11.2. The fourth-order valence-electron chi connectivity index (χ4n) is 3.28. The second-order valence-corrected chi connectivity index (χ2v) is 8.14. The Bertz CT molecular complexity index is 906. The molecule has 5 heteroatoms. The smallest absolute Gasteiger partial charge is 0.478 e. The van der Waals surface area contributed by atoms with Crippen molar-refractivity contribution in [3.05, 3.63) is 52.6 Å². The van der Waals surface area contributed by atoms with Crippen LogP contribution in [0.1, 0.15) is 68.1 Å². The highest BCUT2D eigenvalue weighted by Gasteiger charge is 2.24. The van der Waals surface area contributed by atoms with Gasteiger partial charge in [0.25, 0.3) is 0 Å².